The summed E-state index contributed by atoms with van der Waals surface area (Å²) in [7, 11) is 0. The van der Waals surface area contributed by atoms with Crippen LogP contribution in [0.25, 0.3) is 12.2 Å². The van der Waals surface area contributed by atoms with Crippen LogP contribution in [0.3, 0.4) is 0 Å². The summed E-state index contributed by atoms with van der Waals surface area (Å²) in [5.41, 5.74) is 18.9. The maximum Gasteiger partial charge on any atom is 2.00 e. The van der Waals surface area contributed by atoms with Crippen LogP contribution in [-0.2, 0) is 17.1 Å². The van der Waals surface area contributed by atoms with Gasteiger partial charge in [0.05, 0.1) is 11.4 Å². The summed E-state index contributed by atoms with van der Waals surface area (Å²) in [6.07, 6.45) is 4.20. The van der Waals surface area contributed by atoms with Crippen LogP contribution in [0.5, 0.6) is 0 Å². The van der Waals surface area contributed by atoms with E-state index in [1.807, 2.05) is 0 Å². The van der Waals surface area contributed by atoms with Gasteiger partial charge < -0.3 is 9.97 Å². The van der Waals surface area contributed by atoms with E-state index in [2.05, 4.69) is 115 Å². The zero-order valence-corrected chi connectivity index (χ0v) is 24.2. The molecule has 2 aromatic heterocycles. The number of aryl methyl sites for hydroxylation is 2. The first kappa shape index (κ1) is 28.6. The molecular formula is C30H38CuN4. The molecule has 0 saturated heterocycles. The standard InChI is InChI=1S/2C15H19N2.Cu/c2*1-8-10(3)14(16-12(8)5)7-15-11(4)9(2)13(6)17-15;/h2*7H,1-6H3;/q2*-1;+2/b2*14-7-;. The van der Waals surface area contributed by atoms with E-state index in [1.165, 1.54) is 44.5 Å². The predicted octanol–water partition coefficient (Wildman–Crippen LogP) is 7.44. The van der Waals surface area contributed by atoms with Crippen molar-refractivity contribution in [3.63, 3.8) is 0 Å². The maximum absolute atomic E-state index is 4.59. The number of hydrogen-bond donors (Lipinski definition) is 0. The van der Waals surface area contributed by atoms with Gasteiger partial charge in [-0.05, 0) is 91.5 Å². The maximum atomic E-state index is 4.59. The van der Waals surface area contributed by atoms with Crippen molar-refractivity contribution >= 4 is 23.6 Å². The molecule has 4 heterocycles. The monoisotopic (exact) mass is 517 g/mol. The number of rotatable bonds is 2. The second kappa shape index (κ2) is 11.0. The van der Waals surface area contributed by atoms with E-state index < -0.39 is 0 Å². The molecule has 0 atom stereocenters. The average molecular weight is 518 g/mol. The van der Waals surface area contributed by atoms with E-state index in [0.717, 1.165) is 45.6 Å². The van der Waals surface area contributed by atoms with Crippen LogP contribution in [0.15, 0.2) is 43.7 Å². The zero-order chi connectivity index (χ0) is 25.5. The summed E-state index contributed by atoms with van der Waals surface area (Å²) in [6.45, 7) is 25.2. The van der Waals surface area contributed by atoms with Gasteiger partial charge in [-0.3, -0.25) is 9.98 Å². The van der Waals surface area contributed by atoms with Gasteiger partial charge >= 0.3 is 17.1 Å². The molecule has 0 aromatic carbocycles. The van der Waals surface area contributed by atoms with Crippen LogP contribution in [0.4, 0.5) is 0 Å². The Morgan fingerprint density at radius 3 is 0.971 bits per heavy atom. The van der Waals surface area contributed by atoms with Gasteiger partial charge in [0.2, 0.25) is 0 Å². The Morgan fingerprint density at radius 2 is 0.771 bits per heavy atom. The summed E-state index contributed by atoms with van der Waals surface area (Å²) in [5, 5.41) is 0. The summed E-state index contributed by atoms with van der Waals surface area (Å²) >= 11 is 0. The van der Waals surface area contributed by atoms with Crippen LogP contribution in [0.1, 0.15) is 86.6 Å². The zero-order valence-electron chi connectivity index (χ0n) is 23.2. The molecule has 0 spiro atoms. The molecule has 0 unspecified atom stereocenters. The van der Waals surface area contributed by atoms with Crippen LogP contribution >= 0.6 is 0 Å². The third-order valence-corrected chi connectivity index (χ3v) is 7.66. The summed E-state index contributed by atoms with van der Waals surface area (Å²) in [5.74, 6) is 0. The Bertz CT molecular complexity index is 1240. The van der Waals surface area contributed by atoms with Gasteiger partial charge in [0.25, 0.3) is 0 Å². The molecule has 1 radical (unpaired) electrons. The minimum absolute atomic E-state index is 0. The molecule has 4 rings (SSSR count). The van der Waals surface area contributed by atoms with E-state index in [-0.39, 0.29) is 17.1 Å². The predicted molar refractivity (Wildman–Crippen MR) is 147 cm³/mol. The normalized spacial score (nSPS) is 17.7. The van der Waals surface area contributed by atoms with Crippen molar-refractivity contribution in [1.82, 2.24) is 9.97 Å². The first-order chi connectivity index (χ1) is 15.8. The third-order valence-electron chi connectivity index (χ3n) is 7.66. The molecule has 0 N–H and O–H groups in total. The second-order valence-electron chi connectivity index (χ2n) is 9.62. The van der Waals surface area contributed by atoms with Crippen molar-refractivity contribution in [3.05, 3.63) is 78.7 Å². The smallest absolute Gasteiger partial charge is 0.661 e. The molecule has 4 nitrogen and oxygen atoms in total. The van der Waals surface area contributed by atoms with Gasteiger partial charge in [-0.15, -0.1) is 11.4 Å². The van der Waals surface area contributed by atoms with Gasteiger partial charge in [0, 0.05) is 11.4 Å². The molecule has 5 heteroatoms. The fraction of sp³-hybridized carbons (Fsp3) is 0.400. The number of aromatic nitrogens is 2. The first-order valence-corrected chi connectivity index (χ1v) is 11.9. The Kier molecular flexibility index (Phi) is 8.97. The number of aliphatic imine (C=N–C) groups is 2. The number of nitrogens with zero attached hydrogens (tertiary/aromatic N) is 4. The molecule has 0 bridgehead atoms. The number of hydrogen-bond acceptors (Lipinski definition) is 2. The molecule has 0 saturated carbocycles. The topological polar surface area (TPSA) is 52.9 Å². The van der Waals surface area contributed by atoms with Crippen molar-refractivity contribution in [2.24, 2.45) is 9.98 Å². The molecule has 189 valence electrons. The summed E-state index contributed by atoms with van der Waals surface area (Å²) in [4.78, 5) is 18.4. The molecule has 2 aromatic rings. The van der Waals surface area contributed by atoms with E-state index in [1.54, 1.807) is 0 Å². The average Bonchev–Trinajstić information content (AvgIpc) is 3.37. The van der Waals surface area contributed by atoms with Gasteiger partial charge in [0.15, 0.2) is 0 Å². The van der Waals surface area contributed by atoms with E-state index in [4.69, 9.17) is 0 Å². The summed E-state index contributed by atoms with van der Waals surface area (Å²) < 4.78 is 0. The van der Waals surface area contributed by atoms with Gasteiger partial charge in [-0.1, -0.05) is 48.3 Å². The van der Waals surface area contributed by atoms with Gasteiger partial charge in [-0.2, -0.15) is 11.4 Å². The summed E-state index contributed by atoms with van der Waals surface area (Å²) in [6, 6.07) is 0. The van der Waals surface area contributed by atoms with Crippen LogP contribution in [-0.4, -0.2) is 11.4 Å². The van der Waals surface area contributed by atoms with Gasteiger partial charge in [-0.25, -0.2) is 0 Å². The quantitative estimate of drug-likeness (QED) is 0.388. The molecule has 35 heavy (non-hydrogen) atoms. The van der Waals surface area contributed by atoms with Crippen molar-refractivity contribution in [1.29, 1.82) is 0 Å². The fourth-order valence-electron chi connectivity index (χ4n) is 4.07. The Balaban J connectivity index is 0.000000240. The van der Waals surface area contributed by atoms with Crippen molar-refractivity contribution in [3.8, 4) is 0 Å². The van der Waals surface area contributed by atoms with Gasteiger partial charge in [0.1, 0.15) is 0 Å². The van der Waals surface area contributed by atoms with Crippen LogP contribution in [0.2, 0.25) is 0 Å². The van der Waals surface area contributed by atoms with Crippen LogP contribution < -0.4 is 9.97 Å². The molecule has 2 aliphatic heterocycles. The first-order valence-electron chi connectivity index (χ1n) is 11.9. The molecule has 0 fully saturated rings. The van der Waals surface area contributed by atoms with Crippen molar-refractivity contribution in [2.45, 2.75) is 83.1 Å². The molecule has 0 aliphatic carbocycles. The van der Waals surface area contributed by atoms with Crippen molar-refractivity contribution in [2.75, 3.05) is 0 Å². The number of allylic oxidation sites excluding steroid dienone is 4. The molecule has 2 aliphatic rings. The molecular weight excluding hydrogens is 480 g/mol. The Morgan fingerprint density at radius 1 is 0.457 bits per heavy atom. The molecule has 0 amide bonds. The third kappa shape index (κ3) is 5.63. The van der Waals surface area contributed by atoms with E-state index >= 15 is 0 Å². The fourth-order valence-corrected chi connectivity index (χ4v) is 4.07. The Labute approximate surface area is 222 Å². The van der Waals surface area contributed by atoms with E-state index in [9.17, 15) is 0 Å². The van der Waals surface area contributed by atoms with Crippen molar-refractivity contribution < 1.29 is 17.1 Å². The largest absolute Gasteiger partial charge is 2.00 e. The minimum Gasteiger partial charge on any atom is -0.661 e. The minimum atomic E-state index is 0. The SMILES string of the molecule is CC1=N/C(=C\c2[n-]c(C)c(C)c2C)C(C)=C1C.CC1=N/C(=C\c2[n-]c(C)c(C)c2C)C(C)=C1C.[Cu+2]. The van der Waals surface area contributed by atoms with E-state index in [0.29, 0.717) is 0 Å². The second-order valence-corrected chi connectivity index (χ2v) is 9.62. The Hall–Kier alpha value is -2.62. The van der Waals surface area contributed by atoms with Crippen LogP contribution in [0, 0.1) is 41.5 Å².